The van der Waals surface area contributed by atoms with Crippen LogP contribution in [-0.4, -0.2) is 71.7 Å². The number of methoxy groups -OCH3 is 2. The minimum absolute atomic E-state index is 0.00984. The molecule has 0 radical (unpaired) electrons. The number of benzene rings is 18. The SMILES string of the molecule is COc1ccc(C(=O)c2ccc(Oc3ccc(C4(c5ccc(C)c(O)c5)c5ccccc5-c5ccccc54)cc3O)cc2)cc1.COc1ccc(C(C)(O)c2ccc(Oc3ccc(C4(c5ccc(C)c(O)c5)c5ccccc5-c5ccccc54)cc3O)cc2)cc1.II.O=C(c1ccc(F)cc1)c1ccc(F)cc1.Oc1ccc(C2(c3ccc(O)c(O)c3)c3ccccc3-c3ccccc32)cc1O. The summed E-state index contributed by atoms with van der Waals surface area (Å²) in [5.41, 5.74) is 19.1. The molecule has 1 unspecified atom stereocenters. The Morgan fingerprint density at radius 3 is 0.754 bits per heavy atom. The Kier molecular flexibility index (Phi) is 27.0. The number of carbonyl (C=O) groups is 2. The van der Waals surface area contributed by atoms with Crippen molar-refractivity contribution in [1.29, 1.82) is 0 Å². The molecule has 3 aliphatic carbocycles. The molecule has 138 heavy (non-hydrogen) atoms. The Bertz CT molecular complexity index is 7360. The fourth-order valence-electron chi connectivity index (χ4n) is 19.1. The minimum Gasteiger partial charge on any atom is -0.508 e. The maximum atomic E-state index is 13.0. The number of aryl methyl sites for hydroxylation is 2. The fourth-order valence-corrected chi connectivity index (χ4v) is 19.1. The minimum atomic E-state index is -1.22. The van der Waals surface area contributed by atoms with Crippen LogP contribution in [0, 0.1) is 25.5 Å². The van der Waals surface area contributed by atoms with Crippen LogP contribution in [0.25, 0.3) is 33.4 Å². The monoisotopic (exact) mass is 2050 g/mol. The van der Waals surface area contributed by atoms with Crippen LogP contribution in [0.3, 0.4) is 0 Å². The topological polar surface area (TPSA) is 253 Å². The van der Waals surface area contributed by atoms with Crippen molar-refractivity contribution in [2.24, 2.45) is 0 Å². The predicted molar refractivity (Wildman–Crippen MR) is 549 cm³/mol. The number of hydrogen-bond acceptors (Lipinski definition) is 15. The third kappa shape index (κ3) is 17.5. The smallest absolute Gasteiger partial charge is 0.193 e. The zero-order valence-electron chi connectivity index (χ0n) is 75.1. The second-order valence-electron chi connectivity index (χ2n) is 33.8. The predicted octanol–water partition coefficient (Wildman–Crippen LogP) is 27.5. The van der Waals surface area contributed by atoms with Crippen molar-refractivity contribution in [3.05, 3.63) is 523 Å². The number of hydrogen-bond donors (Lipinski definition) is 9. The zero-order chi connectivity index (χ0) is 96.9. The summed E-state index contributed by atoms with van der Waals surface area (Å²) >= 11 is 4.24. The normalized spacial score (nSPS) is 12.9. The second-order valence-corrected chi connectivity index (χ2v) is 33.8. The van der Waals surface area contributed by atoms with Gasteiger partial charge in [0.15, 0.2) is 57.6 Å². The van der Waals surface area contributed by atoms with Gasteiger partial charge in [0, 0.05) is 59.5 Å². The van der Waals surface area contributed by atoms with E-state index < -0.39 is 33.5 Å². The molecule has 0 fully saturated rings. The molecule has 21 rings (SSSR count). The molecule has 0 amide bonds. The lowest BCUT2D eigenvalue weighted by molar-refractivity contribution is 0.102. The molecule has 18 aromatic rings. The Morgan fingerprint density at radius 2 is 0.493 bits per heavy atom. The lowest BCUT2D eigenvalue weighted by Crippen LogP contribution is -2.28. The van der Waals surface area contributed by atoms with Gasteiger partial charge >= 0.3 is 0 Å². The van der Waals surface area contributed by atoms with Crippen LogP contribution in [0.1, 0.15) is 128 Å². The van der Waals surface area contributed by atoms with E-state index in [1.54, 1.807) is 130 Å². The highest BCUT2D eigenvalue weighted by Crippen LogP contribution is 2.61. The van der Waals surface area contributed by atoms with Gasteiger partial charge in [0.2, 0.25) is 0 Å². The first-order valence-corrected chi connectivity index (χ1v) is 50.3. The van der Waals surface area contributed by atoms with Crippen LogP contribution >= 0.6 is 37.2 Å². The molecule has 15 nitrogen and oxygen atoms in total. The molecule has 0 aromatic heterocycles. The number of phenolic OH excluding ortho intramolecular Hbond substituents is 8. The third-order valence-electron chi connectivity index (χ3n) is 25.9. The van der Waals surface area contributed by atoms with Gasteiger partial charge in [-0.15, -0.1) is 0 Å². The Labute approximate surface area is 819 Å². The standard InChI is InChI=1S/C41H34O5.C40H30O5.C25H18O4.C13H8F2O.I2/c1-26-12-13-29(24-37(26)42)41(35-10-6-4-8-33(35)34-9-5-7-11-36(34)41)30-18-23-39(38(43)25-30)46-32-21-16-28(17-22-32)40(2,44)27-14-19-31(45-3)20-15-27;1-25-11-16-28(23-36(25)41)40(34-9-5-3-7-32(34)33-8-4-6-10-35(33)40)29-17-22-38(37(42)24-29)45-31-20-14-27(15-21-31)39(43)26-12-18-30(44-2)19-13-26;26-21-11-9-15(13-23(21)28)25(16-10-12-22(27)24(29)14-16)19-7-3-1-5-17(19)18-6-2-4-8-20(18)25;14-11-5-1-9(2-6-11)13(16)10-3-7-12(15)8-4-10;1-2/h4-25,42-44H,1-3H3;3-24,41-42H,1-2H3;1-14,26-29H;1-8H;. The number of halogens is 4. The lowest BCUT2D eigenvalue weighted by Gasteiger charge is -2.34. The Balaban J connectivity index is 0.000000134. The fraction of sp³-hybridized carbons (Fsp3) is 0.0756. The maximum absolute atomic E-state index is 13.0. The molecule has 3 aliphatic rings. The number of phenols is 8. The molecule has 684 valence electrons. The van der Waals surface area contributed by atoms with E-state index in [9.17, 15) is 64.3 Å². The van der Waals surface area contributed by atoms with Gasteiger partial charge in [-0.1, -0.05) is 218 Å². The van der Waals surface area contributed by atoms with E-state index >= 15 is 0 Å². The van der Waals surface area contributed by atoms with Crippen molar-refractivity contribution in [2.75, 3.05) is 14.2 Å². The second kappa shape index (κ2) is 39.6. The largest absolute Gasteiger partial charge is 0.508 e. The molecule has 0 spiro atoms. The quantitative estimate of drug-likeness (QED) is 0.0220. The summed E-state index contributed by atoms with van der Waals surface area (Å²) in [5.74, 6) is 1.43. The number of aromatic hydroxyl groups is 8. The van der Waals surface area contributed by atoms with Gasteiger partial charge in [-0.25, -0.2) is 8.78 Å². The van der Waals surface area contributed by atoms with Gasteiger partial charge in [-0.05, 0) is 325 Å². The summed E-state index contributed by atoms with van der Waals surface area (Å²) in [4.78, 5) is 24.8. The first-order valence-electron chi connectivity index (χ1n) is 44.1. The number of rotatable bonds is 18. The van der Waals surface area contributed by atoms with E-state index in [4.69, 9.17) is 18.9 Å². The highest BCUT2D eigenvalue weighted by atomic mass is 128. The Morgan fingerprint density at radius 1 is 0.268 bits per heavy atom. The molecule has 0 aliphatic heterocycles. The third-order valence-corrected chi connectivity index (χ3v) is 25.9. The van der Waals surface area contributed by atoms with Crippen molar-refractivity contribution in [3.63, 3.8) is 0 Å². The summed E-state index contributed by atoms with van der Waals surface area (Å²) in [6.07, 6.45) is 0. The average molecular weight is 2050 g/mol. The number of carbonyl (C=O) groups excluding carboxylic acids is 2. The van der Waals surface area contributed by atoms with E-state index in [0.29, 0.717) is 50.8 Å². The van der Waals surface area contributed by atoms with E-state index in [0.717, 1.165) is 123 Å². The van der Waals surface area contributed by atoms with Crippen molar-refractivity contribution in [2.45, 2.75) is 42.6 Å². The molecule has 0 heterocycles. The number of ketones is 2. The number of fused-ring (bicyclic) bond motifs is 9. The highest BCUT2D eigenvalue weighted by Gasteiger charge is 2.50. The van der Waals surface area contributed by atoms with Gasteiger partial charge in [0.25, 0.3) is 0 Å². The van der Waals surface area contributed by atoms with Crippen molar-refractivity contribution in [3.8, 4) is 114 Å². The van der Waals surface area contributed by atoms with E-state index in [1.165, 1.54) is 60.7 Å². The highest BCUT2D eigenvalue weighted by molar-refractivity contribution is 15.0. The van der Waals surface area contributed by atoms with Crippen LogP contribution in [0.4, 0.5) is 8.78 Å². The maximum Gasteiger partial charge on any atom is 0.193 e. The Hall–Kier alpha value is -15.8. The van der Waals surface area contributed by atoms with E-state index in [2.05, 4.69) is 104 Å². The first-order chi connectivity index (χ1) is 66.8. The van der Waals surface area contributed by atoms with Crippen molar-refractivity contribution >= 4 is 48.8 Å². The van der Waals surface area contributed by atoms with Crippen LogP contribution in [0.5, 0.6) is 80.5 Å². The average Bonchev–Trinajstić information content (AvgIpc) is 1.55. The molecule has 1 atom stereocenters. The summed E-state index contributed by atoms with van der Waals surface area (Å²) in [6.45, 7) is 5.51. The van der Waals surface area contributed by atoms with E-state index in [1.807, 2.05) is 178 Å². The number of aliphatic hydroxyl groups is 1. The number of ether oxygens (including phenoxy) is 4. The van der Waals surface area contributed by atoms with Gasteiger partial charge in [0.05, 0.1) is 30.5 Å². The molecule has 0 bridgehead atoms. The molecular formula is C119H90F2I2O15. The van der Waals surface area contributed by atoms with Gasteiger partial charge < -0.3 is 64.9 Å². The molecule has 9 N–H and O–H groups in total. The zero-order valence-corrected chi connectivity index (χ0v) is 79.4. The molecule has 18 aromatic carbocycles. The summed E-state index contributed by atoms with van der Waals surface area (Å²) < 4.78 is 48.0. The lowest BCUT2D eigenvalue weighted by atomic mass is 9.67. The van der Waals surface area contributed by atoms with Crippen LogP contribution in [0.2, 0.25) is 0 Å². The molecule has 0 saturated carbocycles. The first kappa shape index (κ1) is 94.0. The summed E-state index contributed by atoms with van der Waals surface area (Å²) in [5, 5.41) is 96.1. The van der Waals surface area contributed by atoms with Crippen molar-refractivity contribution in [1.82, 2.24) is 0 Å². The van der Waals surface area contributed by atoms with Crippen LogP contribution in [-0.2, 0) is 21.8 Å². The summed E-state index contributed by atoms with van der Waals surface area (Å²) in [6, 6.07) is 120. The van der Waals surface area contributed by atoms with Gasteiger partial charge in [-0.3, -0.25) is 9.59 Å². The molecule has 0 saturated heterocycles. The van der Waals surface area contributed by atoms with E-state index in [-0.39, 0.29) is 63.3 Å². The van der Waals surface area contributed by atoms with Gasteiger partial charge in [-0.2, -0.15) is 0 Å². The summed E-state index contributed by atoms with van der Waals surface area (Å²) in [7, 11) is 3.19. The van der Waals surface area contributed by atoms with Crippen molar-refractivity contribution < 1.29 is 83.3 Å². The molecular weight excluding hydrogens is 1960 g/mol. The van der Waals surface area contributed by atoms with Crippen LogP contribution < -0.4 is 18.9 Å². The molecule has 19 heteroatoms. The van der Waals surface area contributed by atoms with Crippen LogP contribution in [0.15, 0.2) is 400 Å². The van der Waals surface area contributed by atoms with Gasteiger partial charge in [0.1, 0.15) is 51.7 Å².